The quantitative estimate of drug-likeness (QED) is 0.470. The summed E-state index contributed by atoms with van der Waals surface area (Å²) < 4.78 is 33.7. The fraction of sp³-hybridized carbons (Fsp3) is 0.136. The average molecular weight is 479 g/mol. The summed E-state index contributed by atoms with van der Waals surface area (Å²) in [5.41, 5.74) is 1.26. The first-order valence-electron chi connectivity index (χ1n) is 9.37. The maximum atomic E-state index is 12.8. The van der Waals surface area contributed by atoms with Gasteiger partial charge in [0.25, 0.3) is 5.91 Å². The summed E-state index contributed by atoms with van der Waals surface area (Å²) in [5, 5.41) is 3.68. The van der Waals surface area contributed by atoms with Gasteiger partial charge >= 0.3 is 0 Å². The minimum absolute atomic E-state index is 0.0191. The van der Waals surface area contributed by atoms with E-state index in [0.717, 1.165) is 0 Å². The van der Waals surface area contributed by atoms with Crippen molar-refractivity contribution in [2.45, 2.75) is 18.4 Å². The second-order valence-electron chi connectivity index (χ2n) is 6.47. The van der Waals surface area contributed by atoms with E-state index in [2.05, 4.69) is 10.0 Å². The van der Waals surface area contributed by atoms with Gasteiger partial charge in [0.2, 0.25) is 10.0 Å². The van der Waals surface area contributed by atoms with E-state index >= 15 is 0 Å². The molecule has 3 aromatic carbocycles. The largest absolute Gasteiger partial charge is 0.492 e. The van der Waals surface area contributed by atoms with Crippen LogP contribution in [0.5, 0.6) is 5.75 Å². The Morgan fingerprint density at radius 3 is 2.39 bits per heavy atom. The Kier molecular flexibility index (Phi) is 7.56. The normalized spacial score (nSPS) is 11.2. The van der Waals surface area contributed by atoms with Crippen LogP contribution in [0.25, 0.3) is 0 Å². The fourth-order valence-electron chi connectivity index (χ4n) is 2.75. The number of hydrogen-bond donors (Lipinski definition) is 2. The summed E-state index contributed by atoms with van der Waals surface area (Å²) in [6, 6.07) is 17.6. The summed E-state index contributed by atoms with van der Waals surface area (Å²) in [6.07, 6.45) is 0. The van der Waals surface area contributed by atoms with E-state index in [-0.39, 0.29) is 17.1 Å². The molecule has 162 valence electrons. The minimum Gasteiger partial charge on any atom is -0.492 e. The number of amides is 1. The molecule has 0 aliphatic heterocycles. The summed E-state index contributed by atoms with van der Waals surface area (Å²) >= 11 is 12.0. The van der Waals surface area contributed by atoms with Crippen molar-refractivity contribution in [3.63, 3.8) is 0 Å². The van der Waals surface area contributed by atoms with Crippen LogP contribution in [0.1, 0.15) is 22.8 Å². The van der Waals surface area contributed by atoms with Crippen LogP contribution in [0, 0.1) is 0 Å². The molecule has 0 saturated carbocycles. The molecule has 0 heterocycles. The number of hydrogen-bond acceptors (Lipinski definition) is 4. The summed E-state index contributed by atoms with van der Waals surface area (Å²) in [6.45, 7) is 2.17. The Bertz CT molecular complexity index is 1180. The van der Waals surface area contributed by atoms with E-state index in [1.165, 1.54) is 18.2 Å². The van der Waals surface area contributed by atoms with Gasteiger partial charge in [-0.2, -0.15) is 0 Å². The zero-order valence-corrected chi connectivity index (χ0v) is 18.9. The van der Waals surface area contributed by atoms with Gasteiger partial charge in [-0.25, -0.2) is 13.1 Å². The van der Waals surface area contributed by atoms with Crippen molar-refractivity contribution in [2.75, 3.05) is 11.9 Å². The molecule has 3 aromatic rings. The van der Waals surface area contributed by atoms with Crippen LogP contribution in [0.4, 0.5) is 5.69 Å². The van der Waals surface area contributed by atoms with Crippen LogP contribution in [-0.2, 0) is 16.6 Å². The van der Waals surface area contributed by atoms with E-state index in [0.29, 0.717) is 33.5 Å². The number of ether oxygens (including phenoxy) is 1. The maximum Gasteiger partial charge on any atom is 0.255 e. The van der Waals surface area contributed by atoms with Crippen LogP contribution in [0.3, 0.4) is 0 Å². The van der Waals surface area contributed by atoms with Gasteiger partial charge < -0.3 is 10.1 Å². The topological polar surface area (TPSA) is 84.5 Å². The first-order chi connectivity index (χ1) is 14.8. The van der Waals surface area contributed by atoms with E-state index in [9.17, 15) is 13.2 Å². The van der Waals surface area contributed by atoms with Crippen molar-refractivity contribution in [2.24, 2.45) is 0 Å². The molecule has 0 atom stereocenters. The van der Waals surface area contributed by atoms with Crippen LogP contribution in [0.15, 0.2) is 71.6 Å². The lowest BCUT2D eigenvalue weighted by molar-refractivity contribution is 0.102. The van der Waals surface area contributed by atoms with Crippen LogP contribution in [0.2, 0.25) is 10.0 Å². The molecular formula is C22H20Cl2N2O4S. The number of nitrogens with one attached hydrogen (secondary N) is 2. The highest BCUT2D eigenvalue weighted by Crippen LogP contribution is 2.29. The zero-order valence-electron chi connectivity index (χ0n) is 16.6. The molecule has 0 spiro atoms. The number of anilines is 1. The Hall–Kier alpha value is -2.58. The number of carbonyl (C=O) groups excluding carboxylic acids is 1. The Morgan fingerprint density at radius 2 is 1.71 bits per heavy atom. The molecule has 6 nitrogen and oxygen atoms in total. The lowest BCUT2D eigenvalue weighted by Crippen LogP contribution is -2.23. The standard InChI is InChI=1S/C22H20Cl2N2O4S/c1-2-30-21-12-11-18(31(28,29)25-14-16-5-3-4-6-19(16)24)13-20(21)26-22(27)15-7-9-17(23)10-8-15/h3-13,25H,2,14H2,1H3,(H,26,27). The van der Waals surface area contributed by atoms with Crippen molar-refractivity contribution in [3.8, 4) is 5.75 Å². The highest BCUT2D eigenvalue weighted by molar-refractivity contribution is 7.89. The number of rotatable bonds is 8. The lowest BCUT2D eigenvalue weighted by atomic mass is 10.2. The average Bonchev–Trinajstić information content (AvgIpc) is 2.75. The predicted molar refractivity (Wildman–Crippen MR) is 122 cm³/mol. The van der Waals surface area contributed by atoms with Crippen molar-refractivity contribution in [1.82, 2.24) is 4.72 Å². The Morgan fingerprint density at radius 1 is 1.00 bits per heavy atom. The van der Waals surface area contributed by atoms with Crippen molar-refractivity contribution in [3.05, 3.63) is 87.9 Å². The van der Waals surface area contributed by atoms with E-state index in [1.807, 2.05) is 0 Å². The molecule has 0 bridgehead atoms. The summed E-state index contributed by atoms with van der Waals surface area (Å²) in [4.78, 5) is 12.6. The first-order valence-corrected chi connectivity index (χ1v) is 11.6. The van der Waals surface area contributed by atoms with Crippen LogP contribution < -0.4 is 14.8 Å². The van der Waals surface area contributed by atoms with Gasteiger partial charge in [-0.3, -0.25) is 4.79 Å². The highest BCUT2D eigenvalue weighted by Gasteiger charge is 2.18. The zero-order chi connectivity index (χ0) is 22.4. The van der Waals surface area contributed by atoms with Gasteiger partial charge in [-0.1, -0.05) is 41.4 Å². The summed E-state index contributed by atoms with van der Waals surface area (Å²) in [5.74, 6) is -0.0638. The molecule has 9 heteroatoms. The SMILES string of the molecule is CCOc1ccc(S(=O)(=O)NCc2ccccc2Cl)cc1NC(=O)c1ccc(Cl)cc1. The molecule has 0 fully saturated rings. The molecule has 0 unspecified atom stereocenters. The monoisotopic (exact) mass is 478 g/mol. The first kappa shape index (κ1) is 23.1. The van der Waals surface area contributed by atoms with Crippen LogP contribution >= 0.6 is 23.2 Å². The molecule has 3 rings (SSSR count). The fourth-order valence-corrected chi connectivity index (χ4v) is 4.11. The van der Waals surface area contributed by atoms with Gasteiger partial charge in [0, 0.05) is 22.2 Å². The van der Waals surface area contributed by atoms with E-state index < -0.39 is 15.9 Å². The van der Waals surface area contributed by atoms with E-state index in [1.54, 1.807) is 55.5 Å². The molecule has 0 saturated heterocycles. The number of halogens is 2. The molecule has 31 heavy (non-hydrogen) atoms. The van der Waals surface area contributed by atoms with E-state index in [4.69, 9.17) is 27.9 Å². The minimum atomic E-state index is -3.87. The molecule has 2 N–H and O–H groups in total. The number of carbonyl (C=O) groups is 1. The van der Waals surface area contributed by atoms with Crippen LogP contribution in [-0.4, -0.2) is 20.9 Å². The molecule has 1 amide bonds. The smallest absolute Gasteiger partial charge is 0.255 e. The second-order valence-corrected chi connectivity index (χ2v) is 9.08. The maximum absolute atomic E-state index is 12.8. The Labute approximate surface area is 191 Å². The van der Waals surface area contributed by atoms with Gasteiger partial charge in [0.05, 0.1) is 17.2 Å². The van der Waals surface area contributed by atoms with Gasteiger partial charge in [-0.05, 0) is 61.0 Å². The van der Waals surface area contributed by atoms with Gasteiger partial charge in [0.15, 0.2) is 0 Å². The van der Waals surface area contributed by atoms with Gasteiger partial charge in [0.1, 0.15) is 5.75 Å². The second kappa shape index (κ2) is 10.2. The molecular weight excluding hydrogens is 459 g/mol. The molecule has 0 aliphatic carbocycles. The third-order valence-electron chi connectivity index (χ3n) is 4.33. The van der Waals surface area contributed by atoms with Crippen molar-refractivity contribution in [1.29, 1.82) is 0 Å². The van der Waals surface area contributed by atoms with Crippen molar-refractivity contribution < 1.29 is 17.9 Å². The van der Waals surface area contributed by atoms with Crippen molar-refractivity contribution >= 4 is 44.8 Å². The highest BCUT2D eigenvalue weighted by atomic mass is 35.5. The molecule has 0 aliphatic rings. The third-order valence-corrected chi connectivity index (χ3v) is 6.35. The number of benzene rings is 3. The molecule has 0 radical (unpaired) electrons. The third kappa shape index (κ3) is 5.98. The predicted octanol–water partition coefficient (Wildman–Crippen LogP) is 5.12. The Balaban J connectivity index is 1.85. The molecule has 0 aromatic heterocycles. The summed E-state index contributed by atoms with van der Waals surface area (Å²) in [7, 11) is -3.87. The van der Waals surface area contributed by atoms with Gasteiger partial charge in [-0.15, -0.1) is 0 Å². The lowest BCUT2D eigenvalue weighted by Gasteiger charge is -2.14. The number of sulfonamides is 1.